The topological polar surface area (TPSA) is 18.5 Å². The highest BCUT2D eigenvalue weighted by molar-refractivity contribution is 4.78. The van der Waals surface area contributed by atoms with Crippen LogP contribution in [0.5, 0.6) is 0 Å². The van der Waals surface area contributed by atoms with Crippen LogP contribution < -0.4 is 0 Å². The quantitative estimate of drug-likeness (QED) is 0.637. The third-order valence-electron chi connectivity index (χ3n) is 2.31. The molecule has 0 saturated carbocycles. The second-order valence-electron chi connectivity index (χ2n) is 4.38. The Morgan fingerprint density at radius 2 is 1.58 bits per heavy atom. The van der Waals surface area contributed by atoms with Crippen LogP contribution in [0, 0.1) is 5.92 Å². The van der Waals surface area contributed by atoms with Gasteiger partial charge in [0.05, 0.1) is 12.2 Å². The monoisotopic (exact) mass is 172 g/mol. The van der Waals surface area contributed by atoms with Crippen LogP contribution in [0.3, 0.4) is 0 Å². The van der Waals surface area contributed by atoms with Gasteiger partial charge in [0.15, 0.2) is 5.79 Å². The average molecular weight is 172 g/mol. The van der Waals surface area contributed by atoms with Gasteiger partial charge < -0.3 is 9.47 Å². The van der Waals surface area contributed by atoms with Crippen LogP contribution >= 0.6 is 0 Å². The Morgan fingerprint density at radius 1 is 1.17 bits per heavy atom. The Balaban J connectivity index is 2.51. The van der Waals surface area contributed by atoms with Crippen molar-refractivity contribution in [2.75, 3.05) is 0 Å². The van der Waals surface area contributed by atoms with Gasteiger partial charge >= 0.3 is 0 Å². The molecule has 1 saturated heterocycles. The molecule has 2 heteroatoms. The molecule has 1 aliphatic rings. The smallest absolute Gasteiger partial charge is 0.166 e. The van der Waals surface area contributed by atoms with Crippen LogP contribution in [0.25, 0.3) is 0 Å². The molecule has 0 spiro atoms. The Morgan fingerprint density at radius 3 is 1.92 bits per heavy atom. The zero-order chi connectivity index (χ0) is 9.35. The van der Waals surface area contributed by atoms with E-state index >= 15 is 0 Å². The van der Waals surface area contributed by atoms with Gasteiger partial charge in [0.1, 0.15) is 0 Å². The molecule has 0 bridgehead atoms. The van der Waals surface area contributed by atoms with Gasteiger partial charge in [-0.25, -0.2) is 0 Å². The van der Waals surface area contributed by atoms with E-state index in [0.29, 0.717) is 5.92 Å². The Hall–Kier alpha value is -0.0800. The maximum atomic E-state index is 5.75. The summed E-state index contributed by atoms with van der Waals surface area (Å²) >= 11 is 0. The fraction of sp³-hybridized carbons (Fsp3) is 1.00. The predicted octanol–water partition coefficient (Wildman–Crippen LogP) is 2.57. The lowest BCUT2D eigenvalue weighted by molar-refractivity contribution is -0.169. The first-order valence-electron chi connectivity index (χ1n) is 4.78. The minimum atomic E-state index is -0.340. The van der Waals surface area contributed by atoms with Crippen molar-refractivity contribution in [3.63, 3.8) is 0 Å². The first kappa shape index (κ1) is 10.0. The van der Waals surface area contributed by atoms with Crippen LogP contribution in [-0.4, -0.2) is 18.0 Å². The lowest BCUT2D eigenvalue weighted by Crippen LogP contribution is -2.28. The van der Waals surface area contributed by atoms with Gasteiger partial charge in [0, 0.05) is 6.42 Å². The average Bonchev–Trinajstić information content (AvgIpc) is 2.04. The predicted molar refractivity (Wildman–Crippen MR) is 49.0 cm³/mol. The largest absolute Gasteiger partial charge is 0.345 e. The molecular weight excluding hydrogens is 152 g/mol. The molecule has 2 nitrogen and oxygen atoms in total. The van der Waals surface area contributed by atoms with Crippen molar-refractivity contribution in [1.82, 2.24) is 0 Å². The molecule has 0 radical (unpaired) electrons. The minimum absolute atomic E-state index is 0.230. The lowest BCUT2D eigenvalue weighted by Gasteiger charge is -2.24. The number of hydrogen-bond donors (Lipinski definition) is 0. The fourth-order valence-electron chi connectivity index (χ4n) is 1.84. The first-order valence-corrected chi connectivity index (χ1v) is 4.78. The molecule has 0 N–H and O–H groups in total. The first-order chi connectivity index (χ1) is 5.43. The molecule has 1 rings (SSSR count). The van der Waals surface area contributed by atoms with Crippen molar-refractivity contribution in [1.29, 1.82) is 0 Å². The fourth-order valence-corrected chi connectivity index (χ4v) is 1.84. The molecule has 0 amide bonds. The van der Waals surface area contributed by atoms with E-state index in [4.69, 9.17) is 9.47 Å². The van der Waals surface area contributed by atoms with Gasteiger partial charge in [-0.3, -0.25) is 0 Å². The molecule has 0 unspecified atom stereocenters. The molecular formula is C10H20O2. The molecule has 0 aromatic carbocycles. The van der Waals surface area contributed by atoms with Gasteiger partial charge in [-0.15, -0.1) is 0 Å². The standard InChI is InChI=1S/C10H20O2/c1-7(2)6-10(5)11-8(3)9(4)12-10/h7-9H,6H2,1-5H3/t8-,9-/m1/s1. The van der Waals surface area contributed by atoms with E-state index < -0.39 is 0 Å². The number of hydrogen-bond acceptors (Lipinski definition) is 2. The maximum Gasteiger partial charge on any atom is 0.166 e. The van der Waals surface area contributed by atoms with Crippen LogP contribution in [-0.2, 0) is 9.47 Å². The molecule has 12 heavy (non-hydrogen) atoms. The van der Waals surface area contributed by atoms with Gasteiger partial charge in [-0.1, -0.05) is 13.8 Å². The summed E-state index contributed by atoms with van der Waals surface area (Å²) in [6, 6.07) is 0. The summed E-state index contributed by atoms with van der Waals surface area (Å²) in [6.07, 6.45) is 1.43. The number of rotatable bonds is 2. The minimum Gasteiger partial charge on any atom is -0.345 e. The highest BCUT2D eigenvalue weighted by Crippen LogP contribution is 2.33. The van der Waals surface area contributed by atoms with E-state index in [1.165, 1.54) is 0 Å². The summed E-state index contributed by atoms with van der Waals surface area (Å²) in [4.78, 5) is 0. The molecule has 0 aromatic heterocycles. The molecule has 0 aliphatic carbocycles. The SMILES string of the molecule is CC(C)CC1(C)O[C@H](C)[C@@H](C)O1. The summed E-state index contributed by atoms with van der Waals surface area (Å²) in [5, 5.41) is 0. The van der Waals surface area contributed by atoms with Gasteiger partial charge in [-0.05, 0) is 26.7 Å². The van der Waals surface area contributed by atoms with E-state index in [2.05, 4.69) is 27.7 Å². The van der Waals surface area contributed by atoms with Crippen molar-refractivity contribution in [2.45, 2.75) is 59.0 Å². The van der Waals surface area contributed by atoms with Crippen LogP contribution in [0.2, 0.25) is 0 Å². The Labute approximate surface area is 75.2 Å². The van der Waals surface area contributed by atoms with Gasteiger partial charge in [-0.2, -0.15) is 0 Å². The molecule has 1 aliphatic heterocycles. The zero-order valence-electron chi connectivity index (χ0n) is 8.76. The summed E-state index contributed by atoms with van der Waals surface area (Å²) in [7, 11) is 0. The summed E-state index contributed by atoms with van der Waals surface area (Å²) < 4.78 is 11.5. The molecule has 1 fully saturated rings. The van der Waals surface area contributed by atoms with Gasteiger partial charge in [0.25, 0.3) is 0 Å². The van der Waals surface area contributed by atoms with Crippen LogP contribution in [0.4, 0.5) is 0 Å². The van der Waals surface area contributed by atoms with E-state index in [9.17, 15) is 0 Å². The Kier molecular flexibility index (Phi) is 2.79. The van der Waals surface area contributed by atoms with Crippen LogP contribution in [0.15, 0.2) is 0 Å². The second-order valence-corrected chi connectivity index (χ2v) is 4.38. The summed E-state index contributed by atoms with van der Waals surface area (Å²) in [5.41, 5.74) is 0. The highest BCUT2D eigenvalue weighted by atomic mass is 16.7. The summed E-state index contributed by atoms with van der Waals surface area (Å²) in [6.45, 7) is 10.5. The van der Waals surface area contributed by atoms with E-state index in [1.54, 1.807) is 0 Å². The molecule has 1 heterocycles. The molecule has 2 atom stereocenters. The van der Waals surface area contributed by atoms with Crippen LogP contribution in [0.1, 0.15) is 41.0 Å². The zero-order valence-corrected chi connectivity index (χ0v) is 8.76. The Bertz CT molecular complexity index is 138. The second kappa shape index (κ2) is 3.35. The van der Waals surface area contributed by atoms with E-state index in [0.717, 1.165) is 6.42 Å². The third-order valence-corrected chi connectivity index (χ3v) is 2.31. The normalized spacial score (nSPS) is 34.5. The maximum absolute atomic E-state index is 5.75. The van der Waals surface area contributed by atoms with E-state index in [-0.39, 0.29) is 18.0 Å². The van der Waals surface area contributed by atoms with Crippen molar-refractivity contribution in [3.05, 3.63) is 0 Å². The van der Waals surface area contributed by atoms with Crippen molar-refractivity contribution in [2.24, 2.45) is 5.92 Å². The molecule has 0 aromatic rings. The highest BCUT2D eigenvalue weighted by Gasteiger charge is 2.40. The number of ether oxygens (including phenoxy) is 2. The lowest BCUT2D eigenvalue weighted by atomic mass is 10.0. The van der Waals surface area contributed by atoms with Gasteiger partial charge in [0.2, 0.25) is 0 Å². The summed E-state index contributed by atoms with van der Waals surface area (Å²) in [5.74, 6) is 0.278. The van der Waals surface area contributed by atoms with Crippen molar-refractivity contribution >= 4 is 0 Å². The van der Waals surface area contributed by atoms with Crippen molar-refractivity contribution in [3.8, 4) is 0 Å². The molecule has 72 valence electrons. The van der Waals surface area contributed by atoms with E-state index in [1.807, 2.05) is 6.92 Å². The van der Waals surface area contributed by atoms with Crippen molar-refractivity contribution < 1.29 is 9.47 Å². The third kappa shape index (κ3) is 2.20.